The minimum Gasteiger partial charge on any atom is -0.465 e. The number of carbonyl (C=O) groups is 2. The molecule has 35 heavy (non-hydrogen) atoms. The molecule has 1 amide bonds. The van der Waals surface area contributed by atoms with Crippen LogP contribution in [0.1, 0.15) is 19.8 Å². The van der Waals surface area contributed by atoms with Crippen molar-refractivity contribution in [1.82, 2.24) is 4.57 Å². The third kappa shape index (κ3) is 6.83. The third-order valence-corrected chi connectivity index (χ3v) is 8.84. The monoisotopic (exact) mass is 542 g/mol. The number of nitrogens with zero attached hydrogens (tertiary/aromatic N) is 2. The molecule has 3 rings (SSSR count). The molecule has 0 aliphatic carbocycles. The second kappa shape index (κ2) is 10.8. The van der Waals surface area contributed by atoms with E-state index in [0.29, 0.717) is 10.2 Å². The number of esters is 1. The molecular formula is C22H23FN2O7S3. The number of sulfone groups is 2. The molecular weight excluding hydrogens is 519 g/mol. The SMILES string of the molecule is CCOC(=O)Cn1c(=NC(=O)CCCS(=O)(=O)c2ccc(F)cc2)sc2cc(S(C)(=O)=O)ccc21. The van der Waals surface area contributed by atoms with E-state index in [2.05, 4.69) is 4.99 Å². The highest BCUT2D eigenvalue weighted by atomic mass is 32.2. The fourth-order valence-electron chi connectivity index (χ4n) is 3.19. The molecule has 2 aromatic carbocycles. The van der Waals surface area contributed by atoms with Crippen molar-refractivity contribution >= 4 is 53.1 Å². The summed E-state index contributed by atoms with van der Waals surface area (Å²) in [4.78, 5) is 28.9. The van der Waals surface area contributed by atoms with Crippen molar-refractivity contribution in [3.8, 4) is 0 Å². The number of halogens is 1. The van der Waals surface area contributed by atoms with Gasteiger partial charge in [-0.05, 0) is 55.8 Å². The molecule has 0 atom stereocenters. The van der Waals surface area contributed by atoms with Gasteiger partial charge in [-0.15, -0.1) is 0 Å². The first kappa shape index (κ1) is 26.7. The molecule has 0 fully saturated rings. The minimum absolute atomic E-state index is 0.0109. The maximum absolute atomic E-state index is 13.0. The fourth-order valence-corrected chi connectivity index (χ4v) is 6.31. The van der Waals surface area contributed by atoms with Crippen molar-refractivity contribution in [3.63, 3.8) is 0 Å². The lowest BCUT2D eigenvalue weighted by molar-refractivity contribution is -0.143. The zero-order valence-electron chi connectivity index (χ0n) is 18.9. The minimum atomic E-state index is -3.70. The van der Waals surface area contributed by atoms with E-state index in [0.717, 1.165) is 41.9 Å². The van der Waals surface area contributed by atoms with Gasteiger partial charge < -0.3 is 9.30 Å². The number of hydrogen-bond acceptors (Lipinski definition) is 8. The fraction of sp³-hybridized carbons (Fsp3) is 0.318. The van der Waals surface area contributed by atoms with Crippen LogP contribution in [0.5, 0.6) is 0 Å². The number of fused-ring (bicyclic) bond motifs is 1. The Morgan fingerprint density at radius 2 is 1.71 bits per heavy atom. The van der Waals surface area contributed by atoms with Crippen molar-refractivity contribution in [2.24, 2.45) is 4.99 Å². The van der Waals surface area contributed by atoms with Crippen LogP contribution in [0, 0.1) is 5.82 Å². The molecule has 1 aromatic heterocycles. The summed E-state index contributed by atoms with van der Waals surface area (Å²) >= 11 is 1.03. The molecule has 0 unspecified atom stereocenters. The Labute approximate surface area is 205 Å². The number of ether oxygens (including phenoxy) is 1. The molecule has 188 valence electrons. The Morgan fingerprint density at radius 3 is 2.34 bits per heavy atom. The number of carbonyl (C=O) groups excluding carboxylic acids is 2. The smallest absolute Gasteiger partial charge is 0.326 e. The molecule has 0 spiro atoms. The van der Waals surface area contributed by atoms with Crippen molar-refractivity contribution in [2.75, 3.05) is 18.6 Å². The summed E-state index contributed by atoms with van der Waals surface area (Å²) in [5.41, 5.74) is 0.501. The van der Waals surface area contributed by atoms with Gasteiger partial charge >= 0.3 is 5.97 Å². The van der Waals surface area contributed by atoms with E-state index >= 15 is 0 Å². The normalized spacial score (nSPS) is 12.7. The van der Waals surface area contributed by atoms with Gasteiger partial charge in [-0.3, -0.25) is 9.59 Å². The van der Waals surface area contributed by atoms with Gasteiger partial charge in [0.25, 0.3) is 0 Å². The van der Waals surface area contributed by atoms with Gasteiger partial charge in [-0.1, -0.05) is 11.3 Å². The second-order valence-electron chi connectivity index (χ2n) is 7.56. The van der Waals surface area contributed by atoms with Crippen molar-refractivity contribution < 1.29 is 35.6 Å². The summed E-state index contributed by atoms with van der Waals surface area (Å²) in [6, 6.07) is 8.79. The van der Waals surface area contributed by atoms with E-state index in [9.17, 15) is 30.8 Å². The van der Waals surface area contributed by atoms with Gasteiger partial charge in [0, 0.05) is 12.7 Å². The lowest BCUT2D eigenvalue weighted by atomic mass is 10.3. The number of aromatic nitrogens is 1. The standard InChI is InChI=1S/C22H23FN2O7S3/c1-3-32-21(27)14-25-18-11-10-17(34(2,28)29)13-19(18)33-22(25)24-20(26)5-4-12-35(30,31)16-8-6-15(23)7-9-16/h6-11,13H,3-5,12,14H2,1-2H3. The van der Waals surface area contributed by atoms with Gasteiger partial charge in [0.15, 0.2) is 24.5 Å². The molecule has 0 aliphatic rings. The van der Waals surface area contributed by atoms with Crippen LogP contribution >= 0.6 is 11.3 Å². The number of rotatable bonds is 9. The Bertz CT molecular complexity index is 1540. The molecule has 0 saturated carbocycles. The number of benzene rings is 2. The summed E-state index contributed by atoms with van der Waals surface area (Å²) in [7, 11) is -7.17. The average Bonchev–Trinajstić information content (AvgIpc) is 3.09. The van der Waals surface area contributed by atoms with Crippen molar-refractivity contribution in [1.29, 1.82) is 0 Å². The topological polar surface area (TPSA) is 129 Å². The van der Waals surface area contributed by atoms with Crippen LogP contribution in [0.3, 0.4) is 0 Å². The lowest BCUT2D eigenvalue weighted by Gasteiger charge is -2.06. The first-order valence-corrected chi connectivity index (χ1v) is 14.8. The predicted octanol–water partition coefficient (Wildman–Crippen LogP) is 2.49. The van der Waals surface area contributed by atoms with E-state index in [-0.39, 0.29) is 46.3 Å². The van der Waals surface area contributed by atoms with E-state index in [4.69, 9.17) is 4.74 Å². The highest BCUT2D eigenvalue weighted by Crippen LogP contribution is 2.22. The van der Waals surface area contributed by atoms with E-state index < -0.39 is 37.4 Å². The summed E-state index contributed by atoms with van der Waals surface area (Å²) in [5, 5.41) is 0. The van der Waals surface area contributed by atoms with Gasteiger partial charge in [-0.2, -0.15) is 4.99 Å². The summed E-state index contributed by atoms with van der Waals surface area (Å²) in [6.45, 7) is 1.58. The molecule has 9 nitrogen and oxygen atoms in total. The van der Waals surface area contributed by atoms with Crippen molar-refractivity contribution in [3.05, 3.63) is 53.1 Å². The number of amides is 1. The third-order valence-electron chi connectivity index (χ3n) is 4.87. The first-order valence-electron chi connectivity index (χ1n) is 10.5. The van der Waals surface area contributed by atoms with Gasteiger partial charge in [0.1, 0.15) is 12.4 Å². The zero-order chi connectivity index (χ0) is 25.8. The highest BCUT2D eigenvalue weighted by molar-refractivity contribution is 7.91. The molecule has 1 heterocycles. The molecule has 3 aromatic rings. The van der Waals surface area contributed by atoms with Crippen LogP contribution in [0.15, 0.2) is 57.2 Å². The van der Waals surface area contributed by atoms with Gasteiger partial charge in [0.05, 0.1) is 32.4 Å². The quantitative estimate of drug-likeness (QED) is 0.300. The van der Waals surface area contributed by atoms with Crippen LogP contribution in [0.25, 0.3) is 10.2 Å². The maximum Gasteiger partial charge on any atom is 0.326 e. The average molecular weight is 543 g/mol. The van der Waals surface area contributed by atoms with Crippen LogP contribution in [-0.4, -0.2) is 51.9 Å². The molecule has 0 bridgehead atoms. The Hall–Kier alpha value is -2.90. The second-order valence-corrected chi connectivity index (χ2v) is 12.7. The van der Waals surface area contributed by atoms with Crippen molar-refractivity contribution in [2.45, 2.75) is 36.1 Å². The van der Waals surface area contributed by atoms with E-state index in [1.165, 1.54) is 22.8 Å². The lowest BCUT2D eigenvalue weighted by Crippen LogP contribution is -2.23. The molecule has 13 heteroatoms. The van der Waals surface area contributed by atoms with Crippen LogP contribution in [-0.2, 0) is 40.5 Å². The van der Waals surface area contributed by atoms with Gasteiger partial charge in [-0.25, -0.2) is 21.2 Å². The Balaban J connectivity index is 1.86. The Kier molecular flexibility index (Phi) is 8.23. The van der Waals surface area contributed by atoms with Crippen LogP contribution < -0.4 is 4.80 Å². The summed E-state index contributed by atoms with van der Waals surface area (Å²) in [5.74, 6) is -2.04. The summed E-state index contributed by atoms with van der Waals surface area (Å²) < 4.78 is 68.6. The maximum atomic E-state index is 13.0. The summed E-state index contributed by atoms with van der Waals surface area (Å²) in [6.07, 6.45) is 0.884. The number of thiazole rings is 1. The van der Waals surface area contributed by atoms with Crippen LogP contribution in [0.2, 0.25) is 0 Å². The van der Waals surface area contributed by atoms with E-state index in [1.54, 1.807) is 6.92 Å². The molecule has 0 aliphatic heterocycles. The first-order chi connectivity index (χ1) is 16.4. The molecule has 0 saturated heterocycles. The van der Waals surface area contributed by atoms with E-state index in [1.807, 2.05) is 0 Å². The van der Waals surface area contributed by atoms with Crippen LogP contribution in [0.4, 0.5) is 4.39 Å². The highest BCUT2D eigenvalue weighted by Gasteiger charge is 2.17. The Morgan fingerprint density at radius 1 is 1.06 bits per heavy atom. The molecule has 0 radical (unpaired) electrons. The molecule has 0 N–H and O–H groups in total. The predicted molar refractivity (Wildman–Crippen MR) is 128 cm³/mol. The zero-order valence-corrected chi connectivity index (χ0v) is 21.4. The largest absolute Gasteiger partial charge is 0.465 e. The number of hydrogen-bond donors (Lipinski definition) is 0. The van der Waals surface area contributed by atoms with Gasteiger partial charge in [0.2, 0.25) is 5.91 Å².